The molecule has 2 amide bonds. The van der Waals surface area contributed by atoms with Crippen LogP contribution in [0.4, 0.5) is 10.1 Å². The number of allylic oxidation sites excluding steroid dienone is 4. The number of halogens is 1. The molecule has 450 valence electrons. The lowest BCUT2D eigenvalue weighted by Gasteiger charge is -2.41. The molecule has 0 spiro atoms. The number of phenols is 1. The number of carboxylic acid groups (broad SMARTS) is 1. The molecule has 6 heterocycles. The third kappa shape index (κ3) is 10.8. The van der Waals surface area contributed by atoms with Crippen LogP contribution in [0.2, 0.25) is 0 Å². The van der Waals surface area contributed by atoms with Crippen LogP contribution in [0.3, 0.4) is 0 Å². The number of anilines is 1. The lowest BCUT2D eigenvalue weighted by Crippen LogP contribution is -2.52. The summed E-state index contributed by atoms with van der Waals surface area (Å²) in [5.74, 6) is -13.0. The molecule has 7 aliphatic rings. The molecule has 2 aromatic carbocycles. The van der Waals surface area contributed by atoms with Gasteiger partial charge < -0.3 is 68.7 Å². The van der Waals surface area contributed by atoms with Gasteiger partial charge in [0.25, 0.3) is 11.7 Å². The van der Waals surface area contributed by atoms with Crippen LogP contribution in [-0.4, -0.2) is 160 Å². The molecule has 9 atom stereocenters. The van der Waals surface area contributed by atoms with E-state index in [9.17, 15) is 49.2 Å². The van der Waals surface area contributed by atoms with E-state index in [1.807, 2.05) is 0 Å². The number of rotatable bonds is 8. The van der Waals surface area contributed by atoms with Crippen molar-refractivity contribution in [2.45, 2.75) is 117 Å². The average molecular weight is 1170 g/mol. The minimum atomic E-state index is -2.19. The van der Waals surface area contributed by atoms with E-state index in [2.05, 4.69) is 5.32 Å². The Balaban J connectivity index is 1.01. The number of fused-ring (bicyclic) bond motifs is 15. The lowest BCUT2D eigenvalue weighted by molar-refractivity contribution is -0.160. The first-order chi connectivity index (χ1) is 39.8. The number of ketones is 3. The van der Waals surface area contributed by atoms with Crippen molar-refractivity contribution >= 4 is 57.7 Å². The highest BCUT2D eigenvalue weighted by atomic mass is 19.1. The van der Waals surface area contributed by atoms with Gasteiger partial charge in [-0.3, -0.25) is 33.6 Å². The first-order valence-electron chi connectivity index (χ1n) is 28.3. The molecule has 1 saturated carbocycles. The maximum Gasteiger partial charge on any atom is 0.341 e. The minimum Gasteiger partial charge on any atom is -0.507 e. The van der Waals surface area contributed by atoms with Gasteiger partial charge in [-0.2, -0.15) is 0 Å². The number of nitrogens with zero attached hydrogens (tertiary/aromatic N) is 4. The number of aromatic nitrogens is 1. The fraction of sp³-hybridized carbons (Fsp3) is 0.508. The van der Waals surface area contributed by atoms with Gasteiger partial charge >= 0.3 is 17.7 Å². The van der Waals surface area contributed by atoms with Crippen molar-refractivity contribution in [3.63, 3.8) is 0 Å². The Morgan fingerprint density at radius 3 is 2.11 bits per heavy atom. The molecule has 5 N–H and O–H groups in total. The van der Waals surface area contributed by atoms with E-state index in [4.69, 9.17) is 23.7 Å². The molecule has 2 aliphatic carbocycles. The highest BCUT2D eigenvalue weighted by molar-refractivity contribution is 6.32. The number of aromatic hydroxyl groups is 1. The van der Waals surface area contributed by atoms with Gasteiger partial charge in [-0.1, -0.05) is 45.9 Å². The number of piperidine rings is 1. The Hall–Kier alpha value is -7.89. The number of piperazine rings is 1. The molecule has 3 fully saturated rings. The number of ether oxygens (including phenoxy) is 5. The van der Waals surface area contributed by atoms with Gasteiger partial charge in [-0.15, -0.1) is 0 Å². The first-order valence-corrected chi connectivity index (χ1v) is 28.3. The number of phenolic OH excluding ortho intramolecular Hbond substituents is 1. The maximum absolute atomic E-state index is 16.2. The normalized spacial score (nSPS) is 27.4. The standard InChI is InChI=1S/C61H72FN5O17/c1-28-12-11-13-29(2)58(76)63-44-47(64-19-16-35(17-20-64)59(77)66-23-21-65(22-24-66)46-39(62)26-37-45(56(46)81-10)67(36-14-15-36)27-38(51(37)72)60(78)79)53(74)41-42(52(44)73)50(71)33(6)55-43(41)57(75)61(8,84-55)82-25-18-40(80-9)30(3)54(83-34(7)68)32(5)49(70)31(4)48(28)69/h11-13,18,25-28,30-32,35-36,40,48-49,54,69-71H,14-17,19-24H2,1-10H3,(H,63,76)(H,78,79)/t28-,30+,31+,32+,40-,48-,49+,54+,61-/m0/s1. The number of carboxylic acids is 1. The zero-order valence-electron chi connectivity index (χ0n) is 48.6. The van der Waals surface area contributed by atoms with Crippen LogP contribution in [0.5, 0.6) is 17.2 Å². The summed E-state index contributed by atoms with van der Waals surface area (Å²) in [5, 5.41) is 47.3. The number of carbonyl (C=O) groups is 7. The Bertz CT molecular complexity index is 3440. The molecule has 22 nitrogen and oxygen atoms in total. The topological polar surface area (TPSA) is 290 Å². The molecule has 23 heteroatoms. The molecule has 1 aromatic heterocycles. The van der Waals surface area contributed by atoms with Crippen molar-refractivity contribution in [2.75, 3.05) is 58.4 Å². The minimum absolute atomic E-state index is 0.0163. The van der Waals surface area contributed by atoms with Gasteiger partial charge in [0.1, 0.15) is 40.2 Å². The van der Waals surface area contributed by atoms with Gasteiger partial charge in [0.15, 0.2) is 11.6 Å². The Morgan fingerprint density at radius 2 is 1.50 bits per heavy atom. The SMILES string of the molecule is COc1c(N2CCN(C(=O)C3CCN(C4=C5NC(=O)C(C)=CC=C[C@H](C)[C@H](O)[C@@H](C)[C@@H](O)[C@@H](C)[C@H](OC(C)=O)[C@H](C)[C@@H](OC)C=CO[C@@]6(C)Oc7c(C)c(O)c(c(c7C6=O)C4=O)C5=O)CC3)CC2)c(F)cc2c(=O)c(C(=O)O)cn(C3CC3)c12. The lowest BCUT2D eigenvalue weighted by atomic mass is 9.78. The van der Waals surface area contributed by atoms with E-state index < -0.39 is 134 Å². The largest absolute Gasteiger partial charge is 0.507 e. The highest BCUT2D eigenvalue weighted by Gasteiger charge is 2.54. The maximum atomic E-state index is 16.2. The summed E-state index contributed by atoms with van der Waals surface area (Å²) in [6, 6.07) is 0.942. The van der Waals surface area contributed by atoms with Crippen molar-refractivity contribution in [1.29, 1.82) is 0 Å². The zero-order valence-corrected chi connectivity index (χ0v) is 48.6. The summed E-state index contributed by atoms with van der Waals surface area (Å²) in [4.78, 5) is 117. The number of benzene rings is 2. The third-order valence-electron chi connectivity index (χ3n) is 17.6. The highest BCUT2D eigenvalue weighted by Crippen LogP contribution is 2.50. The van der Waals surface area contributed by atoms with Crippen LogP contribution in [0.1, 0.15) is 127 Å². The van der Waals surface area contributed by atoms with Crippen LogP contribution in [0.25, 0.3) is 10.9 Å². The van der Waals surface area contributed by atoms with Gasteiger partial charge in [-0.25, -0.2) is 9.18 Å². The smallest absolute Gasteiger partial charge is 0.341 e. The van der Waals surface area contributed by atoms with E-state index >= 15 is 14.0 Å². The number of Topliss-reactive ketones (excluding diaryl/α,β-unsaturated/α-hetero) is 3. The second-order valence-electron chi connectivity index (χ2n) is 23.0. The monoisotopic (exact) mass is 1170 g/mol. The second kappa shape index (κ2) is 23.6. The molecule has 3 aromatic rings. The van der Waals surface area contributed by atoms with Crippen molar-refractivity contribution < 1.29 is 82.1 Å². The third-order valence-corrected chi connectivity index (χ3v) is 17.6. The number of methoxy groups -OCH3 is 2. The zero-order chi connectivity index (χ0) is 61.1. The van der Waals surface area contributed by atoms with Crippen molar-refractivity contribution in [3.8, 4) is 17.2 Å². The molecule has 5 bridgehead atoms. The fourth-order valence-corrected chi connectivity index (χ4v) is 12.5. The average Bonchev–Trinajstić information content (AvgIpc) is 1.51. The summed E-state index contributed by atoms with van der Waals surface area (Å²) >= 11 is 0. The number of hydrogen-bond acceptors (Lipinski definition) is 18. The summed E-state index contributed by atoms with van der Waals surface area (Å²) in [5.41, 5.74) is -3.09. The molecule has 2 saturated heterocycles. The second-order valence-corrected chi connectivity index (χ2v) is 23.0. The van der Waals surface area contributed by atoms with E-state index in [1.54, 1.807) is 53.0 Å². The fourth-order valence-electron chi connectivity index (χ4n) is 12.5. The number of pyridine rings is 1. The first kappa shape index (κ1) is 60.7. The summed E-state index contributed by atoms with van der Waals surface area (Å²) < 4.78 is 47.4. The molecular weight excluding hydrogens is 1090 g/mol. The van der Waals surface area contributed by atoms with Gasteiger partial charge in [0.05, 0.1) is 59.3 Å². The number of aliphatic hydroxyl groups is 2. The molecular formula is C61H72FN5O17. The molecule has 0 radical (unpaired) electrons. The van der Waals surface area contributed by atoms with E-state index in [-0.39, 0.29) is 115 Å². The number of nitrogens with one attached hydrogen (secondary N) is 1. The molecule has 5 aliphatic heterocycles. The van der Waals surface area contributed by atoms with E-state index in [1.165, 1.54) is 66.3 Å². The summed E-state index contributed by atoms with van der Waals surface area (Å²) in [7, 11) is 2.75. The Kier molecular flexibility index (Phi) is 17.1. The van der Waals surface area contributed by atoms with Gasteiger partial charge in [0, 0.05) is 113 Å². The Morgan fingerprint density at radius 1 is 0.833 bits per heavy atom. The van der Waals surface area contributed by atoms with Crippen LogP contribution in [0, 0.1) is 42.3 Å². The number of carbonyl (C=O) groups excluding carboxylic acids is 6. The molecule has 0 unspecified atom stereocenters. The Labute approximate surface area is 484 Å². The molecule has 10 rings (SSSR count). The number of likely N-dealkylation sites (tertiary alicyclic amines) is 1. The van der Waals surface area contributed by atoms with Crippen LogP contribution >= 0.6 is 0 Å². The number of esters is 1. The number of aromatic carboxylic acids is 1. The van der Waals surface area contributed by atoms with E-state index in [0.29, 0.717) is 0 Å². The van der Waals surface area contributed by atoms with Gasteiger partial charge in [0.2, 0.25) is 22.9 Å². The van der Waals surface area contributed by atoms with Crippen LogP contribution < -0.4 is 25.1 Å². The predicted octanol–water partition coefficient (Wildman–Crippen LogP) is 5.51. The molecule has 84 heavy (non-hydrogen) atoms. The van der Waals surface area contributed by atoms with Crippen molar-refractivity contribution in [2.24, 2.45) is 29.6 Å². The van der Waals surface area contributed by atoms with Crippen LogP contribution in [-0.2, 0) is 28.6 Å². The summed E-state index contributed by atoms with van der Waals surface area (Å²) in [6.07, 6.45) is 6.09. The van der Waals surface area contributed by atoms with Crippen molar-refractivity contribution in [1.82, 2.24) is 19.7 Å². The number of amides is 2. The number of hydrogen-bond donors (Lipinski definition) is 5. The predicted molar refractivity (Wildman–Crippen MR) is 301 cm³/mol. The quantitative estimate of drug-likeness (QED) is 0.174. The van der Waals surface area contributed by atoms with Gasteiger partial charge in [-0.05, 0) is 51.7 Å². The van der Waals surface area contributed by atoms with Crippen LogP contribution in [0.15, 0.2) is 64.6 Å². The summed E-state index contributed by atoms with van der Waals surface area (Å²) in [6.45, 7) is 12.9. The number of aliphatic hydroxyl groups excluding tert-OH is 2. The van der Waals surface area contributed by atoms with E-state index in [0.717, 1.165) is 25.2 Å². The van der Waals surface area contributed by atoms with Crippen molar-refractivity contribution in [3.05, 3.63) is 104 Å².